The standard InChI is InChI=1S/C18H32N2S/c1-17(2,3)13-9-7-12(8-10-13)16-20-15(18(4,5)6)14(11-19)21-16/h12-13H,7-11,19H2,1-6H3. The monoisotopic (exact) mass is 308 g/mol. The van der Waals surface area contributed by atoms with Gasteiger partial charge in [0.15, 0.2) is 0 Å². The summed E-state index contributed by atoms with van der Waals surface area (Å²) in [7, 11) is 0. The molecule has 0 unspecified atom stereocenters. The van der Waals surface area contributed by atoms with Crippen molar-refractivity contribution in [1.82, 2.24) is 4.98 Å². The molecule has 0 atom stereocenters. The number of aromatic nitrogens is 1. The van der Waals surface area contributed by atoms with E-state index in [4.69, 9.17) is 10.7 Å². The molecule has 2 nitrogen and oxygen atoms in total. The summed E-state index contributed by atoms with van der Waals surface area (Å²) in [6.07, 6.45) is 5.28. The van der Waals surface area contributed by atoms with Crippen LogP contribution in [0.5, 0.6) is 0 Å². The fraction of sp³-hybridized carbons (Fsp3) is 0.833. The maximum absolute atomic E-state index is 5.94. The molecule has 2 rings (SSSR count). The molecular formula is C18H32N2S. The number of nitrogens with zero attached hydrogens (tertiary/aromatic N) is 1. The highest BCUT2D eigenvalue weighted by atomic mass is 32.1. The van der Waals surface area contributed by atoms with E-state index in [1.165, 1.54) is 41.3 Å². The van der Waals surface area contributed by atoms with E-state index in [-0.39, 0.29) is 5.41 Å². The predicted molar refractivity (Wildman–Crippen MR) is 92.9 cm³/mol. The second-order valence-corrected chi connectivity index (χ2v) is 9.81. The van der Waals surface area contributed by atoms with Crippen LogP contribution in [0.25, 0.3) is 0 Å². The first-order valence-electron chi connectivity index (χ1n) is 8.33. The van der Waals surface area contributed by atoms with Crippen LogP contribution >= 0.6 is 11.3 Å². The SMILES string of the molecule is CC(C)(C)c1nc(C2CCC(C(C)(C)C)CC2)sc1CN. The third kappa shape index (κ3) is 3.87. The number of thiazole rings is 1. The summed E-state index contributed by atoms with van der Waals surface area (Å²) in [5.74, 6) is 1.53. The van der Waals surface area contributed by atoms with Crippen molar-refractivity contribution < 1.29 is 0 Å². The van der Waals surface area contributed by atoms with E-state index >= 15 is 0 Å². The zero-order chi connectivity index (χ0) is 15.8. The van der Waals surface area contributed by atoms with E-state index in [1.807, 2.05) is 11.3 Å². The molecule has 0 saturated heterocycles. The molecule has 0 bridgehead atoms. The predicted octanol–water partition coefficient (Wildman–Crippen LogP) is 5.22. The second kappa shape index (κ2) is 6.00. The van der Waals surface area contributed by atoms with Gasteiger partial charge in [0.05, 0.1) is 10.7 Å². The molecular weight excluding hydrogens is 276 g/mol. The maximum Gasteiger partial charge on any atom is 0.0962 e. The van der Waals surface area contributed by atoms with Gasteiger partial charge in [-0.25, -0.2) is 4.98 Å². The quantitative estimate of drug-likeness (QED) is 0.813. The minimum absolute atomic E-state index is 0.103. The smallest absolute Gasteiger partial charge is 0.0962 e. The topological polar surface area (TPSA) is 38.9 Å². The van der Waals surface area contributed by atoms with Gasteiger partial charge >= 0.3 is 0 Å². The van der Waals surface area contributed by atoms with Crippen LogP contribution in [-0.4, -0.2) is 4.98 Å². The van der Waals surface area contributed by atoms with Crippen molar-refractivity contribution in [3.8, 4) is 0 Å². The summed E-state index contributed by atoms with van der Waals surface area (Å²) >= 11 is 1.87. The van der Waals surface area contributed by atoms with Gasteiger partial charge in [0.25, 0.3) is 0 Å². The Labute approximate surface area is 134 Å². The van der Waals surface area contributed by atoms with Crippen molar-refractivity contribution in [2.75, 3.05) is 0 Å². The second-order valence-electron chi connectivity index (χ2n) is 8.69. The lowest BCUT2D eigenvalue weighted by Gasteiger charge is -2.36. The largest absolute Gasteiger partial charge is 0.326 e. The highest BCUT2D eigenvalue weighted by molar-refractivity contribution is 7.11. The first kappa shape index (κ1) is 17.0. The molecule has 1 heterocycles. The Morgan fingerprint density at radius 1 is 1.05 bits per heavy atom. The maximum atomic E-state index is 5.94. The number of hydrogen-bond acceptors (Lipinski definition) is 3. The molecule has 1 fully saturated rings. The van der Waals surface area contributed by atoms with E-state index in [0.29, 0.717) is 17.9 Å². The van der Waals surface area contributed by atoms with Gasteiger partial charge in [0.2, 0.25) is 0 Å². The summed E-state index contributed by atoms with van der Waals surface area (Å²) in [5, 5.41) is 1.34. The molecule has 1 aliphatic carbocycles. The van der Waals surface area contributed by atoms with Gasteiger partial charge in [-0.15, -0.1) is 11.3 Å². The molecule has 0 amide bonds. The zero-order valence-corrected chi connectivity index (χ0v) is 15.4. The summed E-state index contributed by atoms with van der Waals surface area (Å²) < 4.78 is 0. The van der Waals surface area contributed by atoms with Crippen molar-refractivity contribution in [1.29, 1.82) is 0 Å². The summed E-state index contributed by atoms with van der Waals surface area (Å²) in [5.41, 5.74) is 7.72. The van der Waals surface area contributed by atoms with Crippen molar-refractivity contribution in [3.05, 3.63) is 15.6 Å². The highest BCUT2D eigenvalue weighted by Crippen LogP contribution is 2.44. The van der Waals surface area contributed by atoms with Crippen LogP contribution in [-0.2, 0) is 12.0 Å². The molecule has 0 aromatic carbocycles. The van der Waals surface area contributed by atoms with E-state index < -0.39 is 0 Å². The molecule has 1 aliphatic rings. The highest BCUT2D eigenvalue weighted by Gasteiger charge is 2.32. The third-order valence-electron chi connectivity index (χ3n) is 4.91. The van der Waals surface area contributed by atoms with E-state index in [1.54, 1.807) is 0 Å². The normalized spacial score (nSPS) is 24.3. The third-order valence-corrected chi connectivity index (χ3v) is 6.15. The fourth-order valence-corrected chi connectivity index (χ4v) is 4.80. The van der Waals surface area contributed by atoms with Gasteiger partial charge in [-0.1, -0.05) is 41.5 Å². The average molecular weight is 309 g/mol. The number of rotatable bonds is 2. The Balaban J connectivity index is 2.13. The van der Waals surface area contributed by atoms with Gasteiger partial charge in [-0.3, -0.25) is 0 Å². The molecule has 0 radical (unpaired) electrons. The van der Waals surface area contributed by atoms with Crippen LogP contribution in [0.15, 0.2) is 0 Å². The van der Waals surface area contributed by atoms with Crippen molar-refractivity contribution >= 4 is 11.3 Å². The molecule has 3 heteroatoms. The van der Waals surface area contributed by atoms with Crippen LogP contribution in [0.4, 0.5) is 0 Å². The van der Waals surface area contributed by atoms with Crippen LogP contribution < -0.4 is 5.73 Å². The molecule has 21 heavy (non-hydrogen) atoms. The van der Waals surface area contributed by atoms with Gasteiger partial charge < -0.3 is 5.73 Å². The minimum atomic E-state index is 0.103. The van der Waals surface area contributed by atoms with Gasteiger partial charge in [0.1, 0.15) is 0 Å². The Morgan fingerprint density at radius 2 is 1.62 bits per heavy atom. The lowest BCUT2D eigenvalue weighted by atomic mass is 9.70. The fourth-order valence-electron chi connectivity index (χ4n) is 3.48. The Morgan fingerprint density at radius 3 is 2.00 bits per heavy atom. The molecule has 1 aromatic rings. The van der Waals surface area contributed by atoms with Crippen LogP contribution in [0.3, 0.4) is 0 Å². The minimum Gasteiger partial charge on any atom is -0.326 e. The van der Waals surface area contributed by atoms with Gasteiger partial charge in [0, 0.05) is 22.8 Å². The van der Waals surface area contributed by atoms with Gasteiger partial charge in [-0.2, -0.15) is 0 Å². The van der Waals surface area contributed by atoms with Crippen LogP contribution in [0.2, 0.25) is 0 Å². The van der Waals surface area contributed by atoms with E-state index in [2.05, 4.69) is 41.5 Å². The van der Waals surface area contributed by atoms with Gasteiger partial charge in [-0.05, 0) is 37.0 Å². The first-order valence-corrected chi connectivity index (χ1v) is 9.14. The molecule has 1 saturated carbocycles. The van der Waals surface area contributed by atoms with Crippen LogP contribution in [0, 0.1) is 11.3 Å². The van der Waals surface area contributed by atoms with Crippen molar-refractivity contribution in [2.24, 2.45) is 17.1 Å². The molecule has 1 aromatic heterocycles. The lowest BCUT2D eigenvalue weighted by Crippen LogP contribution is -2.25. The molecule has 120 valence electrons. The van der Waals surface area contributed by atoms with E-state index in [9.17, 15) is 0 Å². The Hall–Kier alpha value is -0.410. The number of nitrogens with two attached hydrogens (primary N) is 1. The molecule has 0 spiro atoms. The molecule has 2 N–H and O–H groups in total. The van der Waals surface area contributed by atoms with Crippen molar-refractivity contribution in [2.45, 2.75) is 85.1 Å². The summed E-state index contributed by atoms with van der Waals surface area (Å²) in [6, 6.07) is 0. The van der Waals surface area contributed by atoms with E-state index in [0.717, 1.165) is 5.92 Å². The Bertz CT molecular complexity index is 468. The first-order chi connectivity index (χ1) is 9.63. The summed E-state index contributed by atoms with van der Waals surface area (Å²) in [6.45, 7) is 14.5. The average Bonchev–Trinajstić information content (AvgIpc) is 2.82. The van der Waals surface area contributed by atoms with Crippen molar-refractivity contribution in [3.63, 3.8) is 0 Å². The Kier molecular flexibility index (Phi) is 4.84. The molecule has 0 aliphatic heterocycles. The summed E-state index contributed by atoms with van der Waals surface area (Å²) in [4.78, 5) is 6.29. The zero-order valence-electron chi connectivity index (χ0n) is 14.6. The van der Waals surface area contributed by atoms with Crippen LogP contribution in [0.1, 0.15) is 88.7 Å². The lowest BCUT2D eigenvalue weighted by molar-refractivity contribution is 0.169. The number of hydrogen-bond donors (Lipinski definition) is 1.